The van der Waals surface area contributed by atoms with Crippen molar-refractivity contribution in [1.82, 2.24) is 25.5 Å². The summed E-state index contributed by atoms with van der Waals surface area (Å²) >= 11 is 0. The number of amides is 1. The number of hydrogen-bond donors (Lipinski definition) is 2. The normalized spacial score (nSPS) is 16.1. The number of nitrogens with zero attached hydrogens (tertiary/aromatic N) is 3. The standard InChI is InChI=1S/C30H38FN5O2/c1-20-18-27(31)34-22(3)28(20)30(37)33-15-11-21(2)36-16-12-25(13-17-36)35-29(24-6-5-14-32-19-24)23-7-9-26(38-4)10-8-23/h5-10,14,18-19,21,25,29,35H,11-13,15-17H2,1-4H3,(H,33,37)/t21-,29?/m1/s1. The quantitative estimate of drug-likeness (QED) is 0.382. The van der Waals surface area contributed by atoms with Crippen molar-refractivity contribution in [1.29, 1.82) is 0 Å². The largest absolute Gasteiger partial charge is 0.497 e. The molecule has 202 valence electrons. The molecule has 3 heterocycles. The minimum absolute atomic E-state index is 0.0617. The Hall–Kier alpha value is -3.36. The first-order valence-corrected chi connectivity index (χ1v) is 13.3. The van der Waals surface area contributed by atoms with Gasteiger partial charge in [-0.2, -0.15) is 4.39 Å². The molecule has 1 saturated heterocycles. The van der Waals surface area contributed by atoms with Crippen LogP contribution >= 0.6 is 0 Å². The van der Waals surface area contributed by atoms with E-state index in [1.165, 1.54) is 11.6 Å². The lowest BCUT2D eigenvalue weighted by Gasteiger charge is -2.38. The number of methoxy groups -OCH3 is 1. The van der Waals surface area contributed by atoms with Crippen molar-refractivity contribution in [2.24, 2.45) is 0 Å². The van der Waals surface area contributed by atoms with E-state index in [4.69, 9.17) is 4.74 Å². The van der Waals surface area contributed by atoms with Crippen LogP contribution in [0, 0.1) is 19.8 Å². The van der Waals surface area contributed by atoms with Gasteiger partial charge in [0.05, 0.1) is 24.4 Å². The molecule has 1 aromatic carbocycles. The average molecular weight is 520 g/mol. The number of nitrogens with one attached hydrogen (secondary N) is 2. The molecule has 3 aromatic rings. The van der Waals surface area contributed by atoms with Gasteiger partial charge in [-0.3, -0.25) is 9.78 Å². The van der Waals surface area contributed by atoms with E-state index in [0.717, 1.165) is 43.7 Å². The lowest BCUT2D eigenvalue weighted by atomic mass is 9.96. The monoisotopic (exact) mass is 519 g/mol. The molecule has 7 nitrogen and oxygen atoms in total. The number of rotatable bonds is 10. The van der Waals surface area contributed by atoms with Gasteiger partial charge in [-0.15, -0.1) is 0 Å². The van der Waals surface area contributed by atoms with Crippen LogP contribution in [0.5, 0.6) is 5.75 Å². The highest BCUT2D eigenvalue weighted by atomic mass is 19.1. The second-order valence-electron chi connectivity index (χ2n) is 10.1. The van der Waals surface area contributed by atoms with E-state index in [0.29, 0.717) is 35.4 Å². The maximum Gasteiger partial charge on any atom is 0.253 e. The van der Waals surface area contributed by atoms with Crippen LogP contribution in [-0.2, 0) is 0 Å². The number of carbonyl (C=O) groups is 1. The lowest BCUT2D eigenvalue weighted by Crippen LogP contribution is -2.47. The molecule has 2 N–H and O–H groups in total. The molecule has 0 saturated carbocycles. The zero-order valence-electron chi connectivity index (χ0n) is 22.7. The van der Waals surface area contributed by atoms with Gasteiger partial charge in [-0.05, 0) is 94.1 Å². The van der Waals surface area contributed by atoms with Crippen LogP contribution in [0.15, 0.2) is 54.9 Å². The molecule has 38 heavy (non-hydrogen) atoms. The molecule has 0 radical (unpaired) electrons. The van der Waals surface area contributed by atoms with Gasteiger partial charge in [0, 0.05) is 31.0 Å². The second kappa shape index (κ2) is 12.9. The summed E-state index contributed by atoms with van der Waals surface area (Å²) in [6, 6.07) is 14.4. The third-order valence-corrected chi connectivity index (χ3v) is 7.46. The molecule has 1 aliphatic heterocycles. The Morgan fingerprint density at radius 1 is 1.16 bits per heavy atom. The molecule has 1 aliphatic rings. The predicted molar refractivity (Wildman–Crippen MR) is 147 cm³/mol. The summed E-state index contributed by atoms with van der Waals surface area (Å²) in [4.78, 5) is 23.3. The van der Waals surface area contributed by atoms with Crippen molar-refractivity contribution in [3.05, 3.63) is 88.8 Å². The molecule has 4 rings (SSSR count). The van der Waals surface area contributed by atoms with Crippen LogP contribution in [0.4, 0.5) is 4.39 Å². The van der Waals surface area contributed by atoms with Crippen LogP contribution in [0.3, 0.4) is 0 Å². The number of carbonyl (C=O) groups excluding carboxylic acids is 1. The fourth-order valence-corrected chi connectivity index (χ4v) is 5.26. The van der Waals surface area contributed by atoms with Crippen LogP contribution in [0.1, 0.15) is 65.0 Å². The van der Waals surface area contributed by atoms with E-state index in [9.17, 15) is 9.18 Å². The van der Waals surface area contributed by atoms with Gasteiger partial charge in [0.25, 0.3) is 5.91 Å². The minimum Gasteiger partial charge on any atom is -0.497 e. The van der Waals surface area contributed by atoms with Crippen molar-refractivity contribution in [2.75, 3.05) is 26.7 Å². The van der Waals surface area contributed by atoms with Gasteiger partial charge >= 0.3 is 0 Å². The number of hydrogen-bond acceptors (Lipinski definition) is 6. The van der Waals surface area contributed by atoms with Crippen LogP contribution in [0.25, 0.3) is 0 Å². The second-order valence-corrected chi connectivity index (χ2v) is 10.1. The fraction of sp³-hybridized carbons (Fsp3) is 0.433. The lowest BCUT2D eigenvalue weighted by molar-refractivity contribution is 0.0942. The van der Waals surface area contributed by atoms with Crippen molar-refractivity contribution in [3.63, 3.8) is 0 Å². The molecule has 0 bridgehead atoms. The van der Waals surface area contributed by atoms with E-state index in [1.54, 1.807) is 27.2 Å². The average Bonchev–Trinajstić information content (AvgIpc) is 2.92. The molecule has 8 heteroatoms. The summed E-state index contributed by atoms with van der Waals surface area (Å²) in [7, 11) is 1.68. The molecular weight excluding hydrogens is 481 g/mol. The fourth-order valence-electron chi connectivity index (χ4n) is 5.26. The maximum absolute atomic E-state index is 13.5. The molecule has 2 atom stereocenters. The van der Waals surface area contributed by atoms with Crippen molar-refractivity contribution >= 4 is 5.91 Å². The minimum atomic E-state index is -0.557. The van der Waals surface area contributed by atoms with Gasteiger partial charge in [-0.25, -0.2) is 4.98 Å². The highest BCUT2D eigenvalue weighted by molar-refractivity contribution is 5.96. The smallest absolute Gasteiger partial charge is 0.253 e. The molecule has 0 aliphatic carbocycles. The van der Waals surface area contributed by atoms with E-state index >= 15 is 0 Å². The van der Waals surface area contributed by atoms with E-state index in [2.05, 4.69) is 50.6 Å². The van der Waals surface area contributed by atoms with Gasteiger partial charge in [-0.1, -0.05) is 18.2 Å². The molecule has 0 spiro atoms. The summed E-state index contributed by atoms with van der Waals surface area (Å²) < 4.78 is 18.8. The summed E-state index contributed by atoms with van der Waals surface area (Å²) in [6.07, 6.45) is 6.67. The number of pyridine rings is 2. The number of benzene rings is 1. The zero-order chi connectivity index (χ0) is 27.1. The van der Waals surface area contributed by atoms with Crippen LogP contribution < -0.4 is 15.4 Å². The van der Waals surface area contributed by atoms with Crippen molar-refractivity contribution in [2.45, 2.75) is 58.2 Å². The van der Waals surface area contributed by atoms with Crippen LogP contribution in [-0.4, -0.2) is 59.6 Å². The van der Waals surface area contributed by atoms with Crippen molar-refractivity contribution < 1.29 is 13.9 Å². The van der Waals surface area contributed by atoms with E-state index in [-0.39, 0.29) is 11.9 Å². The summed E-state index contributed by atoms with van der Waals surface area (Å²) in [5, 5.41) is 6.87. The SMILES string of the molecule is COc1ccc(C(NC2CCN([C@H](C)CCNC(=O)c3c(C)cc(F)nc3C)CC2)c2cccnc2)cc1. The number of aryl methyl sites for hydroxylation is 2. The van der Waals surface area contributed by atoms with E-state index < -0.39 is 5.95 Å². The van der Waals surface area contributed by atoms with Crippen LogP contribution in [0.2, 0.25) is 0 Å². The van der Waals surface area contributed by atoms with E-state index in [1.807, 2.05) is 24.4 Å². The first-order valence-electron chi connectivity index (χ1n) is 13.3. The van der Waals surface area contributed by atoms with Gasteiger partial charge < -0.3 is 20.3 Å². The molecule has 1 fully saturated rings. The number of piperidine rings is 1. The highest BCUT2D eigenvalue weighted by Crippen LogP contribution is 2.26. The Balaban J connectivity index is 1.28. The zero-order valence-corrected chi connectivity index (χ0v) is 22.7. The maximum atomic E-state index is 13.5. The molecule has 1 unspecified atom stereocenters. The van der Waals surface area contributed by atoms with Gasteiger partial charge in [0.2, 0.25) is 5.95 Å². The Morgan fingerprint density at radius 3 is 2.53 bits per heavy atom. The third-order valence-electron chi connectivity index (χ3n) is 7.46. The van der Waals surface area contributed by atoms with Gasteiger partial charge in [0.1, 0.15) is 5.75 Å². The summed E-state index contributed by atoms with van der Waals surface area (Å²) in [5.41, 5.74) is 3.82. The van der Waals surface area contributed by atoms with Gasteiger partial charge in [0.15, 0.2) is 0 Å². The molecule has 1 amide bonds. The molecule has 2 aromatic heterocycles. The Labute approximate surface area is 224 Å². The Morgan fingerprint density at radius 2 is 1.89 bits per heavy atom. The number of aromatic nitrogens is 2. The number of halogens is 1. The topological polar surface area (TPSA) is 79.4 Å². The third kappa shape index (κ3) is 6.94. The highest BCUT2D eigenvalue weighted by Gasteiger charge is 2.26. The summed E-state index contributed by atoms with van der Waals surface area (Å²) in [6.45, 7) is 8.17. The number of ether oxygens (including phenoxy) is 1. The first kappa shape index (κ1) is 27.7. The predicted octanol–water partition coefficient (Wildman–Crippen LogP) is 4.59. The Kier molecular flexibility index (Phi) is 9.42. The first-order chi connectivity index (χ1) is 18.4. The molecular formula is C30H38FN5O2. The van der Waals surface area contributed by atoms with Crippen molar-refractivity contribution in [3.8, 4) is 5.75 Å². The Bertz CT molecular complexity index is 1170. The summed E-state index contributed by atoms with van der Waals surface area (Å²) in [5.74, 6) is 0.0955. The number of likely N-dealkylation sites (tertiary alicyclic amines) is 1.